The molecule has 4 saturated carbocycles. The van der Waals surface area contributed by atoms with Gasteiger partial charge in [0.05, 0.1) is 11.6 Å². The first-order valence-corrected chi connectivity index (χ1v) is 11.4. The minimum atomic E-state index is 0.346. The maximum atomic E-state index is 6.22. The highest BCUT2D eigenvalue weighted by Gasteiger charge is 2.54. The highest BCUT2D eigenvalue weighted by Crippen LogP contribution is 2.64. The number of benzene rings is 2. The van der Waals surface area contributed by atoms with E-state index in [1.807, 2.05) is 18.3 Å². The van der Waals surface area contributed by atoms with Crippen molar-refractivity contribution in [2.75, 3.05) is 5.32 Å². The van der Waals surface area contributed by atoms with Gasteiger partial charge in [-0.15, -0.1) is 0 Å². The number of pyridine rings is 1. The Morgan fingerprint density at radius 1 is 0.897 bits per heavy atom. The van der Waals surface area contributed by atoms with Gasteiger partial charge in [0, 0.05) is 22.3 Å². The molecular weight excluding hydrogens is 376 g/mol. The van der Waals surface area contributed by atoms with E-state index in [1.165, 1.54) is 49.8 Å². The quantitative estimate of drug-likeness (QED) is 0.496. The second-order valence-electron chi connectivity index (χ2n) is 9.79. The molecule has 3 heteroatoms. The number of fused-ring (bicyclic) bond motifs is 1. The monoisotopic (exact) mass is 402 g/mol. The molecule has 1 heterocycles. The molecule has 4 aliphatic carbocycles. The van der Waals surface area contributed by atoms with Gasteiger partial charge in [-0.05, 0) is 91.5 Å². The zero-order valence-electron chi connectivity index (χ0n) is 16.7. The fourth-order valence-corrected chi connectivity index (χ4v) is 7.34. The summed E-state index contributed by atoms with van der Waals surface area (Å²) in [4.78, 5) is 4.55. The van der Waals surface area contributed by atoms with E-state index in [4.69, 9.17) is 11.6 Å². The molecule has 1 atom stereocenters. The van der Waals surface area contributed by atoms with Gasteiger partial charge in [-0.1, -0.05) is 41.9 Å². The maximum Gasteiger partial charge on any atom is 0.0737 e. The molecule has 29 heavy (non-hydrogen) atoms. The van der Waals surface area contributed by atoms with Crippen molar-refractivity contribution in [3.05, 3.63) is 71.4 Å². The third-order valence-corrected chi connectivity index (χ3v) is 8.07. The molecule has 3 aromatic rings. The highest BCUT2D eigenvalue weighted by atomic mass is 35.5. The Kier molecular flexibility index (Phi) is 4.13. The summed E-state index contributed by atoms with van der Waals surface area (Å²) >= 11 is 6.22. The lowest BCUT2D eigenvalue weighted by Crippen LogP contribution is -2.50. The van der Waals surface area contributed by atoms with Crippen LogP contribution in [0.15, 0.2) is 60.8 Å². The maximum absolute atomic E-state index is 6.22. The SMILES string of the molecule is Clc1ccc2c(NC(c3ccccc3)C34CC5CC(CC(C5)C3)C4)ccnc2c1. The lowest BCUT2D eigenvalue weighted by molar-refractivity contribution is -0.0639. The Labute approximate surface area is 177 Å². The molecule has 1 unspecified atom stereocenters. The van der Waals surface area contributed by atoms with Crippen molar-refractivity contribution in [3.8, 4) is 0 Å². The third kappa shape index (κ3) is 3.04. The first-order valence-electron chi connectivity index (χ1n) is 11.0. The zero-order chi connectivity index (χ0) is 19.4. The Balaban J connectivity index is 1.45. The predicted molar refractivity (Wildman–Crippen MR) is 120 cm³/mol. The molecule has 4 aliphatic rings. The molecule has 148 valence electrons. The minimum Gasteiger partial charge on any atom is -0.377 e. The Bertz CT molecular complexity index is 1010. The summed E-state index contributed by atoms with van der Waals surface area (Å²) in [5.41, 5.74) is 3.93. The van der Waals surface area contributed by atoms with Crippen LogP contribution in [0, 0.1) is 23.2 Å². The van der Waals surface area contributed by atoms with Crippen LogP contribution in [0.2, 0.25) is 5.02 Å². The lowest BCUT2D eigenvalue weighted by atomic mass is 9.47. The summed E-state index contributed by atoms with van der Waals surface area (Å²) in [7, 11) is 0. The van der Waals surface area contributed by atoms with Gasteiger partial charge < -0.3 is 5.32 Å². The normalized spacial score (nSPS) is 31.1. The Morgan fingerprint density at radius 2 is 1.59 bits per heavy atom. The summed E-state index contributed by atoms with van der Waals surface area (Å²) in [6.07, 6.45) is 10.4. The molecule has 0 spiro atoms. The smallest absolute Gasteiger partial charge is 0.0737 e. The van der Waals surface area contributed by atoms with Gasteiger partial charge in [0.25, 0.3) is 0 Å². The summed E-state index contributed by atoms with van der Waals surface area (Å²) in [5, 5.41) is 5.93. The first kappa shape index (κ1) is 17.8. The van der Waals surface area contributed by atoms with Gasteiger partial charge in [-0.2, -0.15) is 0 Å². The van der Waals surface area contributed by atoms with Crippen LogP contribution in [0.1, 0.15) is 50.1 Å². The van der Waals surface area contributed by atoms with E-state index in [1.54, 1.807) is 0 Å². The fourth-order valence-electron chi connectivity index (χ4n) is 7.17. The second-order valence-corrected chi connectivity index (χ2v) is 10.2. The molecule has 2 aromatic carbocycles. The van der Waals surface area contributed by atoms with E-state index < -0.39 is 0 Å². The second kappa shape index (κ2) is 6.74. The Hall–Kier alpha value is -2.06. The number of hydrogen-bond donors (Lipinski definition) is 1. The van der Waals surface area contributed by atoms with Gasteiger partial charge in [0.15, 0.2) is 0 Å². The minimum absolute atomic E-state index is 0.346. The standard InChI is InChI=1S/C26H27ClN2/c27-21-6-7-22-23(8-9-28-24(22)13-21)29-25(20-4-2-1-3-5-20)26-14-17-10-18(15-26)12-19(11-17)16-26/h1-9,13,17-19,25H,10-12,14-16H2,(H,28,29). The number of halogens is 1. The molecule has 1 aromatic heterocycles. The summed E-state index contributed by atoms with van der Waals surface area (Å²) < 4.78 is 0. The van der Waals surface area contributed by atoms with Crippen molar-refractivity contribution in [1.29, 1.82) is 0 Å². The molecule has 4 bridgehead atoms. The molecular formula is C26H27ClN2. The molecule has 0 radical (unpaired) electrons. The summed E-state index contributed by atoms with van der Waals surface area (Å²) in [6.45, 7) is 0. The highest BCUT2D eigenvalue weighted by molar-refractivity contribution is 6.31. The van der Waals surface area contributed by atoms with Gasteiger partial charge in [0.1, 0.15) is 0 Å². The van der Waals surface area contributed by atoms with Crippen molar-refractivity contribution in [3.63, 3.8) is 0 Å². The van der Waals surface area contributed by atoms with Gasteiger partial charge in [0.2, 0.25) is 0 Å². The van der Waals surface area contributed by atoms with Gasteiger partial charge in [-0.3, -0.25) is 4.98 Å². The molecule has 0 aliphatic heterocycles. The van der Waals surface area contributed by atoms with E-state index in [2.05, 4.69) is 52.8 Å². The zero-order valence-corrected chi connectivity index (χ0v) is 17.4. The number of hydrogen-bond acceptors (Lipinski definition) is 2. The number of nitrogens with zero attached hydrogens (tertiary/aromatic N) is 1. The van der Waals surface area contributed by atoms with Crippen LogP contribution in [-0.2, 0) is 0 Å². The third-order valence-electron chi connectivity index (χ3n) is 7.84. The van der Waals surface area contributed by atoms with Crippen molar-refractivity contribution in [2.24, 2.45) is 23.2 Å². The van der Waals surface area contributed by atoms with Crippen LogP contribution in [0.5, 0.6) is 0 Å². The fraction of sp³-hybridized carbons (Fsp3) is 0.423. The van der Waals surface area contributed by atoms with E-state index in [0.29, 0.717) is 11.5 Å². The van der Waals surface area contributed by atoms with E-state index in [9.17, 15) is 0 Å². The number of aromatic nitrogens is 1. The van der Waals surface area contributed by atoms with Crippen LogP contribution >= 0.6 is 11.6 Å². The largest absolute Gasteiger partial charge is 0.377 e. The molecule has 4 fully saturated rings. The van der Waals surface area contributed by atoms with Crippen LogP contribution in [0.4, 0.5) is 5.69 Å². The van der Waals surface area contributed by atoms with E-state index in [0.717, 1.165) is 33.7 Å². The van der Waals surface area contributed by atoms with Crippen molar-refractivity contribution >= 4 is 28.2 Å². The predicted octanol–water partition coefficient (Wildman–Crippen LogP) is 7.26. The van der Waals surface area contributed by atoms with E-state index in [-0.39, 0.29) is 0 Å². The molecule has 1 N–H and O–H groups in total. The average Bonchev–Trinajstić information content (AvgIpc) is 2.71. The number of rotatable bonds is 4. The number of nitrogens with one attached hydrogen (secondary N) is 1. The van der Waals surface area contributed by atoms with Gasteiger partial charge >= 0.3 is 0 Å². The van der Waals surface area contributed by atoms with Crippen LogP contribution in [0.25, 0.3) is 10.9 Å². The topological polar surface area (TPSA) is 24.9 Å². The average molecular weight is 403 g/mol. The first-order chi connectivity index (χ1) is 14.2. The van der Waals surface area contributed by atoms with E-state index >= 15 is 0 Å². The molecule has 0 amide bonds. The van der Waals surface area contributed by atoms with Crippen molar-refractivity contribution < 1.29 is 0 Å². The van der Waals surface area contributed by atoms with Gasteiger partial charge in [-0.25, -0.2) is 0 Å². The molecule has 7 rings (SSSR count). The van der Waals surface area contributed by atoms with Crippen LogP contribution < -0.4 is 5.32 Å². The van der Waals surface area contributed by atoms with Crippen LogP contribution in [-0.4, -0.2) is 4.98 Å². The lowest BCUT2D eigenvalue weighted by Gasteiger charge is -2.59. The number of anilines is 1. The van der Waals surface area contributed by atoms with Crippen molar-refractivity contribution in [2.45, 2.75) is 44.6 Å². The summed E-state index contributed by atoms with van der Waals surface area (Å²) in [5.74, 6) is 2.80. The Morgan fingerprint density at radius 3 is 2.28 bits per heavy atom. The molecule has 2 nitrogen and oxygen atoms in total. The summed E-state index contributed by atoms with van der Waals surface area (Å²) in [6, 6.07) is 19.7. The van der Waals surface area contributed by atoms with Crippen molar-refractivity contribution in [1.82, 2.24) is 4.98 Å². The van der Waals surface area contributed by atoms with Crippen LogP contribution in [0.3, 0.4) is 0 Å². The molecule has 0 saturated heterocycles.